The molecule has 11 heteroatoms. The van der Waals surface area contributed by atoms with Gasteiger partial charge in [-0.25, -0.2) is 0 Å². The summed E-state index contributed by atoms with van der Waals surface area (Å²) in [6.45, 7) is 4.76. The van der Waals surface area contributed by atoms with Crippen LogP contribution in [0.2, 0.25) is 0 Å². The number of hydrogen-bond acceptors (Lipinski definition) is 4. The quantitative estimate of drug-likeness (QED) is 0.428. The van der Waals surface area contributed by atoms with Crippen molar-refractivity contribution in [2.24, 2.45) is 13.5 Å². The molecule has 0 spiro atoms. The first kappa shape index (κ1) is 15.9. The van der Waals surface area contributed by atoms with Gasteiger partial charge in [0.2, 0.25) is 0 Å². The zero-order chi connectivity index (χ0) is 12.4. The third-order valence-corrected chi connectivity index (χ3v) is 13.6. The Bertz CT molecular complexity index is 414. The Balaban J connectivity index is 3.02. The highest BCUT2D eigenvalue weighted by Crippen LogP contribution is 2.83. The maximum Gasteiger partial charge on any atom is 0.256 e. The van der Waals surface area contributed by atoms with Gasteiger partial charge in [0.1, 0.15) is 7.36 Å². The van der Waals surface area contributed by atoms with Crippen LogP contribution < -0.4 is 5.09 Å². The van der Waals surface area contributed by atoms with Crippen LogP contribution in [0, 0.1) is 0 Å². The number of nitrogens with zero attached hydrogens (tertiary/aromatic N) is 3. The third kappa shape index (κ3) is 5.21. The number of rotatable bonds is 4. The molecule has 1 rings (SSSR count). The summed E-state index contributed by atoms with van der Waals surface area (Å²) in [5.41, 5.74) is 0. The van der Waals surface area contributed by atoms with Crippen molar-refractivity contribution in [2.45, 2.75) is 19.8 Å². The minimum absolute atomic E-state index is 0.801. The predicted octanol–water partition coefficient (Wildman–Crippen LogP) is 6.90. The van der Waals surface area contributed by atoms with Crippen molar-refractivity contribution in [1.29, 1.82) is 0 Å². The van der Waals surface area contributed by atoms with Crippen molar-refractivity contribution in [2.75, 3.05) is 13.2 Å². The molecule has 0 bridgehead atoms. The zero-order valence-electron chi connectivity index (χ0n) is 8.82. The average Bonchev–Trinajstić information content (AvgIpc) is 1.96. The van der Waals surface area contributed by atoms with Gasteiger partial charge in [0.25, 0.3) is 11.8 Å². The summed E-state index contributed by atoms with van der Waals surface area (Å²) in [7, 11) is -2.16. The van der Waals surface area contributed by atoms with E-state index in [-0.39, 0.29) is 0 Å². The van der Waals surface area contributed by atoms with Gasteiger partial charge in [-0.2, -0.15) is 13.5 Å². The van der Waals surface area contributed by atoms with Crippen molar-refractivity contribution in [1.82, 2.24) is 5.09 Å². The van der Waals surface area contributed by atoms with Crippen molar-refractivity contribution < 1.29 is 0 Å². The van der Waals surface area contributed by atoms with Crippen LogP contribution >= 0.6 is 64.1 Å². The highest BCUT2D eigenvalue weighted by molar-refractivity contribution is 8.20. The maximum atomic E-state index is 5.98. The molecule has 16 heavy (non-hydrogen) atoms. The van der Waals surface area contributed by atoms with Crippen molar-refractivity contribution in [3.63, 3.8) is 0 Å². The molecule has 1 N–H and O–H groups in total. The van der Waals surface area contributed by atoms with Crippen LogP contribution in [0.25, 0.3) is 0 Å². The molecule has 0 aromatic heterocycles. The second kappa shape index (κ2) is 5.85. The van der Waals surface area contributed by atoms with Crippen molar-refractivity contribution in [3.05, 3.63) is 0 Å². The fourth-order valence-corrected chi connectivity index (χ4v) is 17.5. The van der Waals surface area contributed by atoms with E-state index >= 15 is 0 Å². The van der Waals surface area contributed by atoms with E-state index in [1.165, 1.54) is 0 Å². The molecule has 0 saturated carbocycles. The van der Waals surface area contributed by atoms with Gasteiger partial charge in [-0.05, 0) is 51.4 Å². The molecule has 0 fully saturated rings. The van der Waals surface area contributed by atoms with E-state index in [0.29, 0.717) is 0 Å². The lowest BCUT2D eigenvalue weighted by molar-refractivity contribution is 0.768. The summed E-state index contributed by atoms with van der Waals surface area (Å²) in [6, 6.07) is 0. The van der Waals surface area contributed by atoms with E-state index in [4.69, 9.17) is 45.0 Å². The first-order chi connectivity index (χ1) is 7.18. The van der Waals surface area contributed by atoms with Crippen LogP contribution in [0.5, 0.6) is 0 Å². The summed E-state index contributed by atoms with van der Waals surface area (Å²) < 4.78 is 12.5. The van der Waals surface area contributed by atoms with E-state index in [2.05, 4.69) is 25.6 Å². The van der Waals surface area contributed by atoms with Gasteiger partial charge >= 0.3 is 0 Å². The number of hydrogen-bond donors (Lipinski definition) is 1. The van der Waals surface area contributed by atoms with E-state index in [0.717, 1.165) is 19.4 Å². The summed E-state index contributed by atoms with van der Waals surface area (Å²) in [6.07, 6.45) is 2.12. The Morgan fingerprint density at radius 3 is 2.06 bits per heavy atom. The minimum atomic E-state index is -2.76. The average molecular weight is 364 g/mol. The Hall–Kier alpha value is 1.81. The molecule has 0 radical (unpaired) electrons. The molecular formula is C5H13Cl4N4P3. The molecule has 1 atom stereocenters. The molecule has 0 aliphatic carbocycles. The van der Waals surface area contributed by atoms with E-state index < -0.39 is 19.2 Å². The summed E-state index contributed by atoms with van der Waals surface area (Å²) >= 11 is 23.9. The molecular weight excluding hydrogens is 351 g/mol. The predicted molar refractivity (Wildman–Crippen MR) is 80.3 cm³/mol. The molecule has 0 saturated heterocycles. The van der Waals surface area contributed by atoms with Gasteiger partial charge in [0.05, 0.1) is 0 Å². The lowest BCUT2D eigenvalue weighted by Gasteiger charge is -2.24. The van der Waals surface area contributed by atoms with Crippen LogP contribution in [0.4, 0.5) is 0 Å². The molecule has 1 aliphatic rings. The Labute approximate surface area is 115 Å². The third-order valence-electron chi connectivity index (χ3n) is 1.72. The standard InChI is InChI=1S/C5H13Cl4N4P3/c1-3-4-5-10-14(2)11-15(6,7)13-16(8,9)12-14/h10H,3-5H2,1-2H3. The van der Waals surface area contributed by atoms with Crippen molar-refractivity contribution >= 4 is 64.1 Å². The van der Waals surface area contributed by atoms with Crippen LogP contribution in [-0.2, 0) is 0 Å². The fourth-order valence-electron chi connectivity index (χ4n) is 1.13. The number of nitrogens with one attached hydrogen (secondary N) is 1. The molecule has 0 amide bonds. The Kier molecular flexibility index (Phi) is 5.80. The fraction of sp³-hybridized carbons (Fsp3) is 1.00. The summed E-state index contributed by atoms with van der Waals surface area (Å²) in [4.78, 5) is 0. The van der Waals surface area contributed by atoms with Gasteiger partial charge < -0.3 is 0 Å². The van der Waals surface area contributed by atoms with Gasteiger partial charge in [-0.3, -0.25) is 5.09 Å². The maximum absolute atomic E-state index is 5.98. The first-order valence-electron chi connectivity index (χ1n) is 4.61. The number of unbranched alkanes of at least 4 members (excludes halogenated alkanes) is 1. The van der Waals surface area contributed by atoms with Crippen LogP contribution in [0.15, 0.2) is 13.5 Å². The highest BCUT2D eigenvalue weighted by atomic mass is 35.9. The topological polar surface area (TPSA) is 49.1 Å². The van der Waals surface area contributed by atoms with Crippen LogP contribution in [0.1, 0.15) is 19.8 Å². The largest absolute Gasteiger partial charge is 0.266 e. The SMILES string of the molecule is CCCCNP1(C)=NP(Cl)(Cl)=NP(Cl)(Cl)=N1. The van der Waals surface area contributed by atoms with Gasteiger partial charge in [0, 0.05) is 13.2 Å². The molecule has 0 aromatic rings. The second-order valence-corrected chi connectivity index (χ2v) is 16.2. The summed E-state index contributed by atoms with van der Waals surface area (Å²) in [5.74, 6) is -5.51. The molecule has 1 unspecified atom stereocenters. The van der Waals surface area contributed by atoms with E-state index in [1.54, 1.807) is 0 Å². The van der Waals surface area contributed by atoms with Gasteiger partial charge in [-0.1, -0.05) is 13.3 Å². The van der Waals surface area contributed by atoms with Crippen molar-refractivity contribution in [3.8, 4) is 0 Å². The molecule has 1 heterocycles. The second-order valence-electron chi connectivity index (χ2n) is 3.35. The molecule has 0 aromatic carbocycles. The first-order valence-corrected chi connectivity index (χ1v) is 13.8. The molecule has 96 valence electrons. The van der Waals surface area contributed by atoms with E-state index in [9.17, 15) is 0 Å². The van der Waals surface area contributed by atoms with Gasteiger partial charge in [-0.15, -0.1) is 0 Å². The van der Waals surface area contributed by atoms with E-state index in [1.807, 2.05) is 6.66 Å². The smallest absolute Gasteiger partial charge is 0.256 e. The van der Waals surface area contributed by atoms with Crippen LogP contribution in [-0.4, -0.2) is 13.2 Å². The Morgan fingerprint density at radius 2 is 1.56 bits per heavy atom. The molecule has 4 nitrogen and oxygen atoms in total. The van der Waals surface area contributed by atoms with Crippen LogP contribution in [0.3, 0.4) is 0 Å². The number of halogens is 4. The monoisotopic (exact) mass is 362 g/mol. The lowest BCUT2D eigenvalue weighted by Crippen LogP contribution is -2.10. The summed E-state index contributed by atoms with van der Waals surface area (Å²) in [5, 5.41) is 3.25. The minimum Gasteiger partial charge on any atom is -0.266 e. The zero-order valence-corrected chi connectivity index (χ0v) is 14.5. The molecule has 1 aliphatic heterocycles. The highest BCUT2D eigenvalue weighted by Gasteiger charge is 2.29. The van der Waals surface area contributed by atoms with Gasteiger partial charge in [0.15, 0.2) is 0 Å². The Morgan fingerprint density at radius 1 is 1.00 bits per heavy atom. The lowest BCUT2D eigenvalue weighted by atomic mass is 10.3. The normalized spacial score (nSPS) is 31.1.